The van der Waals surface area contributed by atoms with Crippen molar-refractivity contribution in [3.05, 3.63) is 65.1 Å². The molecule has 0 radical (unpaired) electrons. The molecule has 0 amide bonds. The molecule has 7 heteroatoms. The van der Waals surface area contributed by atoms with E-state index in [1.54, 1.807) is 20.0 Å². The van der Waals surface area contributed by atoms with Gasteiger partial charge in [0.05, 0.1) is 5.69 Å². The van der Waals surface area contributed by atoms with Crippen molar-refractivity contribution < 1.29 is 14.1 Å². The summed E-state index contributed by atoms with van der Waals surface area (Å²) in [6, 6.07) is 11.0. The van der Waals surface area contributed by atoms with Crippen LogP contribution >= 0.6 is 0 Å². The molecule has 2 heterocycles. The summed E-state index contributed by atoms with van der Waals surface area (Å²) in [5.74, 6) is 0.445. The number of nitrogens with zero attached hydrogens (tertiary/aromatic N) is 4. The minimum Gasteiger partial charge on any atom is -0.443 e. The third-order valence-electron chi connectivity index (χ3n) is 3.79. The first-order valence-electron chi connectivity index (χ1n) is 8.05. The van der Waals surface area contributed by atoms with Gasteiger partial charge < -0.3 is 9.26 Å². The second-order valence-corrected chi connectivity index (χ2v) is 6.11. The Morgan fingerprint density at radius 3 is 2.52 bits per heavy atom. The Balaban J connectivity index is 1.91. The summed E-state index contributed by atoms with van der Waals surface area (Å²) in [4.78, 5) is 16.9. The fraction of sp³-hybridized carbons (Fsp3) is 0.333. The highest BCUT2D eigenvalue weighted by Crippen LogP contribution is 2.26. The standard InChI is InChI=1S/C18H20N4O3/c1-11(2)14-10-15(22(4)20-14)18(23)24-16(13-8-6-5-7-9-13)17-19-12(3)21-25-17/h5-11,16H,1-4H3/t16-/m1/s1. The van der Waals surface area contributed by atoms with E-state index in [9.17, 15) is 4.79 Å². The van der Waals surface area contributed by atoms with E-state index in [0.29, 0.717) is 11.5 Å². The van der Waals surface area contributed by atoms with Crippen LogP contribution in [0.25, 0.3) is 0 Å². The second-order valence-electron chi connectivity index (χ2n) is 6.11. The Morgan fingerprint density at radius 2 is 1.96 bits per heavy atom. The summed E-state index contributed by atoms with van der Waals surface area (Å²) >= 11 is 0. The van der Waals surface area contributed by atoms with Gasteiger partial charge in [0.15, 0.2) is 5.82 Å². The van der Waals surface area contributed by atoms with Crippen molar-refractivity contribution in [3.8, 4) is 0 Å². The first-order chi connectivity index (χ1) is 12.0. The molecule has 25 heavy (non-hydrogen) atoms. The number of benzene rings is 1. The molecule has 2 aromatic heterocycles. The summed E-state index contributed by atoms with van der Waals surface area (Å²) in [6.45, 7) is 5.75. The molecule has 130 valence electrons. The molecule has 3 rings (SSSR count). The van der Waals surface area contributed by atoms with Crippen molar-refractivity contribution in [1.82, 2.24) is 19.9 Å². The molecule has 0 spiro atoms. The molecule has 0 aliphatic carbocycles. The maximum Gasteiger partial charge on any atom is 0.357 e. The number of hydrogen-bond donors (Lipinski definition) is 0. The number of esters is 1. The van der Waals surface area contributed by atoms with Gasteiger partial charge in [-0.1, -0.05) is 49.3 Å². The first-order valence-corrected chi connectivity index (χ1v) is 8.05. The highest BCUT2D eigenvalue weighted by atomic mass is 16.6. The van der Waals surface area contributed by atoms with Crippen molar-refractivity contribution in [2.75, 3.05) is 0 Å². The third-order valence-corrected chi connectivity index (χ3v) is 3.79. The topological polar surface area (TPSA) is 83.0 Å². The average Bonchev–Trinajstić information content (AvgIpc) is 3.19. The van der Waals surface area contributed by atoms with Gasteiger partial charge in [-0.05, 0) is 18.9 Å². The fourth-order valence-electron chi connectivity index (χ4n) is 2.44. The Kier molecular flexibility index (Phi) is 4.65. The summed E-state index contributed by atoms with van der Waals surface area (Å²) < 4.78 is 12.5. The van der Waals surface area contributed by atoms with Crippen LogP contribution in [-0.2, 0) is 11.8 Å². The molecular weight excluding hydrogens is 320 g/mol. The van der Waals surface area contributed by atoms with Crippen LogP contribution in [0.2, 0.25) is 0 Å². The van der Waals surface area contributed by atoms with Gasteiger partial charge in [-0.25, -0.2) is 4.79 Å². The SMILES string of the molecule is Cc1noc([C@H](OC(=O)c2cc(C(C)C)nn2C)c2ccccc2)n1. The second kappa shape index (κ2) is 6.88. The van der Waals surface area contributed by atoms with Gasteiger partial charge in [0, 0.05) is 12.6 Å². The van der Waals surface area contributed by atoms with E-state index < -0.39 is 12.1 Å². The number of carbonyl (C=O) groups is 1. The fourth-order valence-corrected chi connectivity index (χ4v) is 2.44. The van der Waals surface area contributed by atoms with E-state index in [1.807, 2.05) is 44.2 Å². The summed E-state index contributed by atoms with van der Waals surface area (Å²) in [5.41, 5.74) is 1.96. The zero-order valence-electron chi connectivity index (χ0n) is 14.6. The van der Waals surface area contributed by atoms with Crippen molar-refractivity contribution >= 4 is 5.97 Å². The zero-order valence-corrected chi connectivity index (χ0v) is 14.6. The number of rotatable bonds is 5. The van der Waals surface area contributed by atoms with E-state index in [2.05, 4.69) is 15.2 Å². The molecular formula is C18H20N4O3. The van der Waals surface area contributed by atoms with Gasteiger partial charge in [-0.15, -0.1) is 0 Å². The molecule has 1 aromatic carbocycles. The minimum absolute atomic E-state index is 0.219. The maximum atomic E-state index is 12.7. The molecule has 3 aromatic rings. The molecule has 7 nitrogen and oxygen atoms in total. The number of aryl methyl sites for hydroxylation is 2. The van der Waals surface area contributed by atoms with E-state index in [-0.39, 0.29) is 11.8 Å². The molecule has 0 N–H and O–H groups in total. The average molecular weight is 340 g/mol. The Bertz CT molecular complexity index is 868. The minimum atomic E-state index is -0.771. The summed E-state index contributed by atoms with van der Waals surface area (Å²) in [5, 5.41) is 8.15. The lowest BCUT2D eigenvalue weighted by atomic mass is 10.1. The number of carbonyl (C=O) groups excluding carboxylic acids is 1. The lowest BCUT2D eigenvalue weighted by molar-refractivity contribution is 0.0302. The molecule has 0 fully saturated rings. The first kappa shape index (κ1) is 16.9. The lowest BCUT2D eigenvalue weighted by Crippen LogP contribution is -2.16. The molecule has 0 aliphatic rings. The van der Waals surface area contributed by atoms with Crippen LogP contribution < -0.4 is 0 Å². The summed E-state index contributed by atoms with van der Waals surface area (Å²) in [7, 11) is 1.72. The Labute approximate surface area is 145 Å². The number of hydrogen-bond acceptors (Lipinski definition) is 6. The van der Waals surface area contributed by atoms with Crippen LogP contribution in [0.1, 0.15) is 59.3 Å². The van der Waals surface area contributed by atoms with Gasteiger partial charge in [0.2, 0.25) is 6.10 Å². The number of aromatic nitrogens is 4. The Hall–Kier alpha value is -2.96. The molecule has 0 saturated carbocycles. The normalized spacial score (nSPS) is 12.4. The molecule has 0 bridgehead atoms. The van der Waals surface area contributed by atoms with E-state index >= 15 is 0 Å². The molecule has 1 atom stereocenters. The lowest BCUT2D eigenvalue weighted by Gasteiger charge is -2.14. The van der Waals surface area contributed by atoms with Crippen LogP contribution in [0, 0.1) is 6.92 Å². The van der Waals surface area contributed by atoms with Crippen LogP contribution in [0.15, 0.2) is 40.9 Å². The van der Waals surface area contributed by atoms with E-state index in [1.165, 1.54) is 4.68 Å². The number of ether oxygens (including phenoxy) is 1. The maximum absolute atomic E-state index is 12.7. The van der Waals surface area contributed by atoms with Crippen molar-refractivity contribution in [2.45, 2.75) is 32.8 Å². The largest absolute Gasteiger partial charge is 0.443 e. The monoisotopic (exact) mass is 340 g/mol. The van der Waals surface area contributed by atoms with Gasteiger partial charge in [0.1, 0.15) is 5.69 Å². The molecule has 0 saturated heterocycles. The quantitative estimate of drug-likeness (QED) is 0.663. The summed E-state index contributed by atoms with van der Waals surface area (Å²) in [6.07, 6.45) is -0.771. The van der Waals surface area contributed by atoms with Gasteiger partial charge in [-0.3, -0.25) is 4.68 Å². The predicted molar refractivity (Wildman–Crippen MR) is 90.0 cm³/mol. The van der Waals surface area contributed by atoms with Crippen molar-refractivity contribution in [1.29, 1.82) is 0 Å². The third kappa shape index (κ3) is 3.60. The molecule has 0 aliphatic heterocycles. The predicted octanol–water partition coefficient (Wildman–Crippen LogP) is 3.18. The highest BCUT2D eigenvalue weighted by Gasteiger charge is 2.27. The van der Waals surface area contributed by atoms with Gasteiger partial charge >= 0.3 is 5.97 Å². The van der Waals surface area contributed by atoms with Crippen molar-refractivity contribution in [3.63, 3.8) is 0 Å². The van der Waals surface area contributed by atoms with Crippen LogP contribution in [0.5, 0.6) is 0 Å². The van der Waals surface area contributed by atoms with Crippen LogP contribution in [0.4, 0.5) is 0 Å². The van der Waals surface area contributed by atoms with E-state index in [0.717, 1.165) is 11.3 Å². The van der Waals surface area contributed by atoms with Crippen LogP contribution in [-0.4, -0.2) is 25.9 Å². The van der Waals surface area contributed by atoms with Crippen LogP contribution in [0.3, 0.4) is 0 Å². The highest BCUT2D eigenvalue weighted by molar-refractivity contribution is 5.88. The van der Waals surface area contributed by atoms with Crippen molar-refractivity contribution in [2.24, 2.45) is 7.05 Å². The zero-order chi connectivity index (χ0) is 18.0. The smallest absolute Gasteiger partial charge is 0.357 e. The molecule has 0 unspecified atom stereocenters. The Morgan fingerprint density at radius 1 is 1.24 bits per heavy atom. The van der Waals surface area contributed by atoms with Gasteiger partial charge in [-0.2, -0.15) is 10.1 Å². The van der Waals surface area contributed by atoms with E-state index in [4.69, 9.17) is 9.26 Å². The van der Waals surface area contributed by atoms with Gasteiger partial charge in [0.25, 0.3) is 5.89 Å².